The van der Waals surface area contributed by atoms with Crippen LogP contribution in [0.3, 0.4) is 0 Å². The van der Waals surface area contributed by atoms with Gasteiger partial charge in [0.1, 0.15) is 0 Å². The van der Waals surface area contributed by atoms with Gasteiger partial charge in [-0.25, -0.2) is 0 Å². The van der Waals surface area contributed by atoms with Gasteiger partial charge in [0, 0.05) is 12.5 Å². The largest absolute Gasteiger partial charge is 0.339 e. The molecule has 0 radical (unpaired) electrons. The Kier molecular flexibility index (Phi) is 6.17. The van der Waals surface area contributed by atoms with Crippen LogP contribution in [0, 0.1) is 13.8 Å². The molecule has 0 aliphatic carbocycles. The maximum Gasteiger partial charge on any atom is 0.231 e. The molecule has 0 saturated carbocycles. The summed E-state index contributed by atoms with van der Waals surface area (Å²) in [4.78, 5) is 4.45. The second-order valence-electron chi connectivity index (χ2n) is 5.10. The topological polar surface area (TPSA) is 51.0 Å². The average Bonchev–Trinajstić information content (AvgIpc) is 2.81. The molecule has 0 spiro atoms. The van der Waals surface area contributed by atoms with E-state index >= 15 is 0 Å². The van der Waals surface area contributed by atoms with Crippen molar-refractivity contribution in [2.45, 2.75) is 39.7 Å². The summed E-state index contributed by atoms with van der Waals surface area (Å²) in [7, 11) is 1.93. The zero-order valence-corrected chi connectivity index (χ0v) is 13.3. The van der Waals surface area contributed by atoms with Gasteiger partial charge in [-0.2, -0.15) is 4.98 Å². The van der Waals surface area contributed by atoms with E-state index in [0.717, 1.165) is 12.2 Å². The first-order chi connectivity index (χ1) is 9.08. The Morgan fingerprint density at radius 3 is 2.75 bits per heavy atom. The van der Waals surface area contributed by atoms with Gasteiger partial charge >= 0.3 is 0 Å². The highest BCUT2D eigenvalue weighted by Gasteiger charge is 2.11. The number of nitrogens with one attached hydrogen (secondary N) is 1. The van der Waals surface area contributed by atoms with Crippen LogP contribution >= 0.6 is 12.4 Å². The fourth-order valence-corrected chi connectivity index (χ4v) is 1.97. The first-order valence-corrected chi connectivity index (χ1v) is 6.63. The minimum Gasteiger partial charge on any atom is -0.339 e. The molecule has 1 aromatic heterocycles. The summed E-state index contributed by atoms with van der Waals surface area (Å²) in [5.41, 5.74) is 3.76. The molecule has 5 heteroatoms. The molecule has 1 heterocycles. The van der Waals surface area contributed by atoms with Crippen molar-refractivity contribution in [2.75, 3.05) is 7.05 Å². The summed E-state index contributed by atoms with van der Waals surface area (Å²) in [5, 5.41) is 7.19. The normalized spacial score (nSPS) is 12.0. The van der Waals surface area contributed by atoms with Gasteiger partial charge in [-0.3, -0.25) is 0 Å². The zero-order valence-electron chi connectivity index (χ0n) is 12.4. The molecular weight excluding hydrogens is 274 g/mol. The van der Waals surface area contributed by atoms with Crippen molar-refractivity contribution in [1.29, 1.82) is 0 Å². The molecule has 0 saturated heterocycles. The van der Waals surface area contributed by atoms with Crippen molar-refractivity contribution >= 4 is 12.4 Å². The predicted molar refractivity (Wildman–Crippen MR) is 82.5 cm³/mol. The first-order valence-electron chi connectivity index (χ1n) is 6.63. The lowest BCUT2D eigenvalue weighted by molar-refractivity contribution is 0.377. The van der Waals surface area contributed by atoms with Crippen molar-refractivity contribution in [3.63, 3.8) is 0 Å². The molecule has 0 amide bonds. The molecule has 2 rings (SSSR count). The Bertz CT molecular complexity index is 554. The van der Waals surface area contributed by atoms with E-state index in [1.807, 2.05) is 7.05 Å². The van der Waals surface area contributed by atoms with E-state index in [-0.39, 0.29) is 12.4 Å². The number of aryl methyl sites for hydroxylation is 2. The van der Waals surface area contributed by atoms with Crippen molar-refractivity contribution < 1.29 is 4.52 Å². The van der Waals surface area contributed by atoms with Crippen molar-refractivity contribution in [2.24, 2.45) is 0 Å². The van der Waals surface area contributed by atoms with Crippen LogP contribution in [0.1, 0.15) is 35.3 Å². The SMILES string of the molecule is CNC(C)Cc1noc(Cc2cc(C)ccc2C)n1.Cl. The van der Waals surface area contributed by atoms with E-state index in [2.05, 4.69) is 54.4 Å². The molecule has 0 bridgehead atoms. The summed E-state index contributed by atoms with van der Waals surface area (Å²) in [5.74, 6) is 1.45. The number of hydrogen-bond acceptors (Lipinski definition) is 4. The van der Waals surface area contributed by atoms with Gasteiger partial charge in [0.25, 0.3) is 0 Å². The maximum absolute atomic E-state index is 5.32. The molecule has 2 aromatic rings. The minimum absolute atomic E-state index is 0. The Balaban J connectivity index is 0.00000200. The van der Waals surface area contributed by atoms with Crippen LogP contribution in [-0.2, 0) is 12.8 Å². The Morgan fingerprint density at radius 2 is 2.05 bits per heavy atom. The molecule has 1 atom stereocenters. The number of likely N-dealkylation sites (N-methyl/N-ethyl adjacent to an activating group) is 1. The molecule has 1 unspecified atom stereocenters. The van der Waals surface area contributed by atoms with E-state index in [1.54, 1.807) is 0 Å². The van der Waals surface area contributed by atoms with E-state index < -0.39 is 0 Å². The summed E-state index contributed by atoms with van der Waals surface area (Å²) >= 11 is 0. The van der Waals surface area contributed by atoms with Gasteiger partial charge in [0.15, 0.2) is 5.82 Å². The van der Waals surface area contributed by atoms with E-state index in [1.165, 1.54) is 16.7 Å². The highest BCUT2D eigenvalue weighted by Crippen LogP contribution is 2.15. The molecule has 1 N–H and O–H groups in total. The van der Waals surface area contributed by atoms with Gasteiger partial charge in [0.2, 0.25) is 5.89 Å². The molecule has 1 aromatic carbocycles. The fourth-order valence-electron chi connectivity index (χ4n) is 1.97. The van der Waals surface area contributed by atoms with Crippen LogP contribution in [0.2, 0.25) is 0 Å². The number of nitrogens with zero attached hydrogens (tertiary/aromatic N) is 2. The van der Waals surface area contributed by atoms with E-state index in [0.29, 0.717) is 18.4 Å². The fraction of sp³-hybridized carbons (Fsp3) is 0.467. The van der Waals surface area contributed by atoms with Crippen LogP contribution in [0.5, 0.6) is 0 Å². The Morgan fingerprint density at radius 1 is 1.30 bits per heavy atom. The number of hydrogen-bond donors (Lipinski definition) is 1. The lowest BCUT2D eigenvalue weighted by Crippen LogP contribution is -2.24. The summed E-state index contributed by atoms with van der Waals surface area (Å²) in [6.07, 6.45) is 1.49. The molecule has 0 fully saturated rings. The lowest BCUT2D eigenvalue weighted by atomic mass is 10.0. The monoisotopic (exact) mass is 295 g/mol. The Hall–Kier alpha value is -1.39. The molecule has 4 nitrogen and oxygen atoms in total. The standard InChI is InChI=1S/C15H21N3O.ClH/c1-10-5-6-11(2)13(7-10)9-15-17-14(18-19-15)8-12(3)16-4;/h5-7,12,16H,8-9H2,1-4H3;1H. The van der Waals surface area contributed by atoms with Gasteiger partial charge in [0.05, 0.1) is 6.42 Å². The first kappa shape index (κ1) is 16.7. The molecule has 0 aliphatic heterocycles. The number of aromatic nitrogens is 2. The third kappa shape index (κ3) is 4.32. The van der Waals surface area contributed by atoms with E-state index in [4.69, 9.17) is 4.52 Å². The molecule has 110 valence electrons. The molecular formula is C15H22ClN3O. The lowest BCUT2D eigenvalue weighted by Gasteiger charge is -2.05. The number of benzene rings is 1. The smallest absolute Gasteiger partial charge is 0.231 e. The summed E-state index contributed by atoms with van der Waals surface area (Å²) in [6.45, 7) is 6.30. The van der Waals surface area contributed by atoms with Gasteiger partial charge < -0.3 is 9.84 Å². The molecule has 20 heavy (non-hydrogen) atoms. The molecule has 0 aliphatic rings. The van der Waals surface area contributed by atoms with Gasteiger partial charge in [-0.05, 0) is 38.9 Å². The predicted octanol–water partition coefficient (Wildman–Crippen LogP) is 2.85. The number of halogens is 1. The van der Waals surface area contributed by atoms with Gasteiger partial charge in [-0.1, -0.05) is 28.9 Å². The quantitative estimate of drug-likeness (QED) is 0.921. The highest BCUT2D eigenvalue weighted by atomic mass is 35.5. The second kappa shape index (κ2) is 7.41. The third-order valence-corrected chi connectivity index (χ3v) is 3.34. The zero-order chi connectivity index (χ0) is 13.8. The van der Waals surface area contributed by atoms with Crippen molar-refractivity contribution in [3.8, 4) is 0 Å². The average molecular weight is 296 g/mol. The second-order valence-corrected chi connectivity index (χ2v) is 5.10. The van der Waals surface area contributed by atoms with Crippen molar-refractivity contribution in [3.05, 3.63) is 46.6 Å². The van der Waals surface area contributed by atoms with Crippen LogP contribution < -0.4 is 5.32 Å². The van der Waals surface area contributed by atoms with E-state index in [9.17, 15) is 0 Å². The minimum atomic E-state index is 0. The summed E-state index contributed by atoms with van der Waals surface area (Å²) < 4.78 is 5.32. The third-order valence-electron chi connectivity index (χ3n) is 3.34. The van der Waals surface area contributed by atoms with Crippen LogP contribution in [0.25, 0.3) is 0 Å². The van der Waals surface area contributed by atoms with Crippen LogP contribution in [0.15, 0.2) is 22.7 Å². The Labute approximate surface area is 126 Å². The number of rotatable bonds is 5. The summed E-state index contributed by atoms with van der Waals surface area (Å²) in [6, 6.07) is 6.78. The van der Waals surface area contributed by atoms with Crippen LogP contribution in [0.4, 0.5) is 0 Å². The van der Waals surface area contributed by atoms with Gasteiger partial charge in [-0.15, -0.1) is 12.4 Å². The van der Waals surface area contributed by atoms with Crippen molar-refractivity contribution in [1.82, 2.24) is 15.5 Å². The van der Waals surface area contributed by atoms with Crippen LogP contribution in [-0.4, -0.2) is 23.2 Å². The highest BCUT2D eigenvalue weighted by molar-refractivity contribution is 5.85. The maximum atomic E-state index is 5.32.